The quantitative estimate of drug-likeness (QED) is 0.529. The molecule has 0 bridgehead atoms. The summed E-state index contributed by atoms with van der Waals surface area (Å²) in [6.45, 7) is 2.10. The lowest BCUT2D eigenvalue weighted by molar-refractivity contribution is 1.30. The zero-order chi connectivity index (χ0) is 8.55. The van der Waals surface area contributed by atoms with E-state index < -0.39 is 0 Å². The molecule has 0 saturated heterocycles. The first-order valence-corrected chi connectivity index (χ1v) is 4.86. The van der Waals surface area contributed by atoms with Crippen molar-refractivity contribution in [3.8, 4) is 0 Å². The summed E-state index contributed by atoms with van der Waals surface area (Å²) >= 11 is 2.26. The number of hydrogen-bond acceptors (Lipinski definition) is 1. The molecule has 2 rings (SSSR count). The summed E-state index contributed by atoms with van der Waals surface area (Å²) in [4.78, 5) is 4.24. The van der Waals surface area contributed by atoms with Gasteiger partial charge in [0.2, 0.25) is 0 Å². The number of rotatable bonds is 0. The van der Waals surface area contributed by atoms with E-state index in [1.165, 1.54) is 16.3 Å². The van der Waals surface area contributed by atoms with Gasteiger partial charge in [0.15, 0.2) is 0 Å². The highest BCUT2D eigenvalue weighted by Gasteiger charge is 1.97. The van der Waals surface area contributed by atoms with E-state index in [1.54, 1.807) is 0 Å². The van der Waals surface area contributed by atoms with Crippen molar-refractivity contribution in [2.75, 3.05) is 0 Å². The van der Waals surface area contributed by atoms with Crippen LogP contribution in [0.15, 0.2) is 30.5 Å². The molecule has 1 aromatic heterocycles. The van der Waals surface area contributed by atoms with Crippen molar-refractivity contribution in [1.82, 2.24) is 4.98 Å². The molecule has 0 radical (unpaired) electrons. The molecule has 0 atom stereocenters. The Morgan fingerprint density at radius 2 is 2.08 bits per heavy atom. The predicted molar refractivity (Wildman–Crippen MR) is 59.2 cm³/mol. The number of nitrogens with zero attached hydrogens (tertiary/aromatic N) is 1. The average Bonchev–Trinajstić information content (AvgIpc) is 2.07. The molecular formula is C10H8IN. The first-order valence-electron chi connectivity index (χ1n) is 3.78. The zero-order valence-electron chi connectivity index (χ0n) is 6.71. The number of benzene rings is 1. The van der Waals surface area contributed by atoms with Gasteiger partial charge in [0.05, 0.1) is 0 Å². The lowest BCUT2D eigenvalue weighted by atomic mass is 10.1. The summed E-state index contributed by atoms with van der Waals surface area (Å²) in [6, 6.07) is 8.47. The maximum absolute atomic E-state index is 4.24. The van der Waals surface area contributed by atoms with Gasteiger partial charge in [0, 0.05) is 11.6 Å². The third-order valence-corrected chi connectivity index (χ3v) is 2.73. The molecule has 0 unspecified atom stereocenters. The monoisotopic (exact) mass is 269 g/mol. The second kappa shape index (κ2) is 3.01. The molecule has 2 aromatic rings. The first-order chi connectivity index (χ1) is 5.77. The molecule has 1 aromatic carbocycles. The van der Waals surface area contributed by atoms with E-state index >= 15 is 0 Å². The van der Waals surface area contributed by atoms with Crippen LogP contribution >= 0.6 is 22.6 Å². The van der Waals surface area contributed by atoms with E-state index in [2.05, 4.69) is 52.7 Å². The van der Waals surface area contributed by atoms with Crippen LogP contribution in [0, 0.1) is 10.6 Å². The van der Waals surface area contributed by atoms with Crippen molar-refractivity contribution in [1.29, 1.82) is 0 Å². The Morgan fingerprint density at radius 1 is 1.25 bits per heavy atom. The minimum Gasteiger partial charge on any atom is -0.250 e. The highest BCUT2D eigenvalue weighted by Crippen LogP contribution is 2.19. The predicted octanol–water partition coefficient (Wildman–Crippen LogP) is 3.15. The Kier molecular flexibility index (Phi) is 2.00. The van der Waals surface area contributed by atoms with E-state index in [0.717, 1.165) is 3.70 Å². The zero-order valence-corrected chi connectivity index (χ0v) is 8.87. The molecule has 0 aliphatic heterocycles. The molecule has 0 spiro atoms. The maximum atomic E-state index is 4.24. The average molecular weight is 269 g/mol. The van der Waals surface area contributed by atoms with Gasteiger partial charge in [-0.15, -0.1) is 0 Å². The first kappa shape index (κ1) is 7.98. The molecule has 0 N–H and O–H groups in total. The fraction of sp³-hybridized carbons (Fsp3) is 0.100. The number of halogens is 1. The Morgan fingerprint density at radius 3 is 2.92 bits per heavy atom. The van der Waals surface area contributed by atoms with Gasteiger partial charge in [-0.3, -0.25) is 0 Å². The van der Waals surface area contributed by atoms with Crippen LogP contribution in [0.1, 0.15) is 5.56 Å². The smallest absolute Gasteiger partial charge is 0.109 e. The highest BCUT2D eigenvalue weighted by atomic mass is 127. The Bertz CT molecular complexity index is 423. The highest BCUT2D eigenvalue weighted by molar-refractivity contribution is 14.1. The van der Waals surface area contributed by atoms with Crippen LogP contribution in [0.4, 0.5) is 0 Å². The van der Waals surface area contributed by atoms with E-state index in [0.29, 0.717) is 0 Å². The Balaban J connectivity index is 2.88. The minimum absolute atomic E-state index is 1.08. The van der Waals surface area contributed by atoms with Crippen LogP contribution in [0.3, 0.4) is 0 Å². The second-order valence-corrected chi connectivity index (χ2v) is 3.85. The summed E-state index contributed by atoms with van der Waals surface area (Å²) in [7, 11) is 0. The molecule has 1 nitrogen and oxygen atoms in total. The molecular weight excluding hydrogens is 261 g/mol. The third-order valence-electron chi connectivity index (χ3n) is 1.87. The van der Waals surface area contributed by atoms with Crippen LogP contribution in [0.25, 0.3) is 10.8 Å². The van der Waals surface area contributed by atoms with Crippen molar-refractivity contribution < 1.29 is 0 Å². The van der Waals surface area contributed by atoms with Gasteiger partial charge >= 0.3 is 0 Å². The topological polar surface area (TPSA) is 12.9 Å². The van der Waals surface area contributed by atoms with Crippen LogP contribution < -0.4 is 0 Å². The van der Waals surface area contributed by atoms with E-state index in [1.807, 2.05) is 12.3 Å². The standard InChI is InChI=1S/C10H8IN/c1-7-2-3-8-4-5-12-10(11)9(8)6-7/h2-6H,1H3. The molecule has 60 valence electrons. The van der Waals surface area contributed by atoms with Crippen molar-refractivity contribution in [2.24, 2.45) is 0 Å². The van der Waals surface area contributed by atoms with Gasteiger partial charge in [0.1, 0.15) is 3.70 Å². The molecule has 0 aliphatic rings. The van der Waals surface area contributed by atoms with E-state index in [-0.39, 0.29) is 0 Å². The van der Waals surface area contributed by atoms with Gasteiger partial charge in [-0.1, -0.05) is 17.7 Å². The summed E-state index contributed by atoms with van der Waals surface area (Å²) < 4.78 is 1.08. The third kappa shape index (κ3) is 1.31. The summed E-state index contributed by atoms with van der Waals surface area (Å²) in [5, 5.41) is 2.51. The summed E-state index contributed by atoms with van der Waals surface area (Å²) in [6.07, 6.45) is 1.85. The number of fused-ring (bicyclic) bond motifs is 1. The fourth-order valence-corrected chi connectivity index (χ4v) is 1.87. The van der Waals surface area contributed by atoms with Crippen molar-refractivity contribution in [3.05, 3.63) is 39.7 Å². The maximum Gasteiger partial charge on any atom is 0.109 e. The Labute approximate surface area is 85.0 Å². The van der Waals surface area contributed by atoms with Gasteiger partial charge < -0.3 is 0 Å². The number of aryl methyl sites for hydroxylation is 1. The SMILES string of the molecule is Cc1ccc2ccnc(I)c2c1. The number of hydrogen-bond donors (Lipinski definition) is 0. The minimum atomic E-state index is 1.08. The van der Waals surface area contributed by atoms with Crippen molar-refractivity contribution in [3.63, 3.8) is 0 Å². The molecule has 12 heavy (non-hydrogen) atoms. The van der Waals surface area contributed by atoms with Crippen LogP contribution in [0.2, 0.25) is 0 Å². The van der Waals surface area contributed by atoms with Crippen molar-refractivity contribution in [2.45, 2.75) is 6.92 Å². The Hall–Kier alpha value is -0.640. The molecule has 0 amide bonds. The van der Waals surface area contributed by atoms with Crippen molar-refractivity contribution >= 4 is 33.4 Å². The van der Waals surface area contributed by atoms with E-state index in [4.69, 9.17) is 0 Å². The lowest BCUT2D eigenvalue weighted by Gasteiger charge is -1.99. The number of aromatic nitrogens is 1. The van der Waals surface area contributed by atoms with Gasteiger partial charge in [-0.25, -0.2) is 4.98 Å². The largest absolute Gasteiger partial charge is 0.250 e. The summed E-state index contributed by atoms with van der Waals surface area (Å²) in [5.74, 6) is 0. The van der Waals surface area contributed by atoms with Gasteiger partial charge in [-0.05, 0) is 47.0 Å². The fourth-order valence-electron chi connectivity index (χ4n) is 1.25. The normalized spacial score (nSPS) is 10.5. The molecule has 0 aliphatic carbocycles. The number of pyridine rings is 1. The van der Waals surface area contributed by atoms with Gasteiger partial charge in [-0.2, -0.15) is 0 Å². The molecule has 0 saturated carbocycles. The van der Waals surface area contributed by atoms with Gasteiger partial charge in [0.25, 0.3) is 0 Å². The van der Waals surface area contributed by atoms with E-state index in [9.17, 15) is 0 Å². The second-order valence-electron chi connectivity index (χ2n) is 2.83. The molecule has 2 heteroatoms. The van der Waals surface area contributed by atoms with Crippen LogP contribution in [0.5, 0.6) is 0 Å². The lowest BCUT2D eigenvalue weighted by Crippen LogP contribution is -1.82. The molecule has 1 heterocycles. The summed E-state index contributed by atoms with van der Waals surface area (Å²) in [5.41, 5.74) is 1.29. The van der Waals surface area contributed by atoms with Crippen LogP contribution in [-0.4, -0.2) is 4.98 Å². The molecule has 0 fully saturated rings. The van der Waals surface area contributed by atoms with Crippen LogP contribution in [-0.2, 0) is 0 Å².